The van der Waals surface area contributed by atoms with Crippen molar-refractivity contribution in [3.05, 3.63) is 60.7 Å². The van der Waals surface area contributed by atoms with Crippen LogP contribution in [0, 0.1) is 0 Å². The van der Waals surface area contributed by atoms with Gasteiger partial charge in [-0.1, -0.05) is 6.07 Å². The molecule has 1 aromatic carbocycles. The Balaban J connectivity index is 1.56. The van der Waals surface area contributed by atoms with Crippen molar-refractivity contribution in [3.63, 3.8) is 0 Å². The summed E-state index contributed by atoms with van der Waals surface area (Å²) in [6.45, 7) is 1.34. The Bertz CT molecular complexity index is 1150. The minimum Gasteiger partial charge on any atom is -0.497 e. The highest BCUT2D eigenvalue weighted by atomic mass is 16.5. The SMILES string of the molecule is COc1ccc(-c2nc(NCc3cccnc3)nc3c2ncn3C2CCCCO2)cc1. The number of nitrogens with zero attached hydrogens (tertiary/aromatic N) is 5. The number of nitrogens with one attached hydrogen (secondary N) is 1. The van der Waals surface area contributed by atoms with Crippen molar-refractivity contribution in [2.45, 2.75) is 32.0 Å². The zero-order chi connectivity index (χ0) is 21.0. The lowest BCUT2D eigenvalue weighted by molar-refractivity contribution is -0.0298. The summed E-state index contributed by atoms with van der Waals surface area (Å²) >= 11 is 0. The van der Waals surface area contributed by atoms with Gasteiger partial charge in [-0.05, 0) is 55.2 Å². The molecule has 5 rings (SSSR count). The second-order valence-electron chi connectivity index (χ2n) is 7.48. The van der Waals surface area contributed by atoms with Crippen molar-refractivity contribution in [3.8, 4) is 17.0 Å². The molecule has 1 N–H and O–H groups in total. The molecule has 31 heavy (non-hydrogen) atoms. The molecule has 1 unspecified atom stereocenters. The summed E-state index contributed by atoms with van der Waals surface area (Å²) in [5.74, 6) is 1.34. The zero-order valence-corrected chi connectivity index (χ0v) is 17.4. The normalized spacial score (nSPS) is 16.4. The van der Waals surface area contributed by atoms with Gasteiger partial charge in [0.2, 0.25) is 5.95 Å². The smallest absolute Gasteiger partial charge is 0.225 e. The molecule has 8 nitrogen and oxygen atoms in total. The Morgan fingerprint density at radius 2 is 2.06 bits per heavy atom. The largest absolute Gasteiger partial charge is 0.497 e. The highest BCUT2D eigenvalue weighted by Crippen LogP contribution is 2.31. The van der Waals surface area contributed by atoms with Crippen LogP contribution in [0.25, 0.3) is 22.4 Å². The Morgan fingerprint density at radius 1 is 1.16 bits per heavy atom. The van der Waals surface area contributed by atoms with Gasteiger partial charge in [-0.15, -0.1) is 0 Å². The monoisotopic (exact) mass is 416 g/mol. The molecule has 1 aliphatic rings. The van der Waals surface area contributed by atoms with E-state index in [-0.39, 0.29) is 6.23 Å². The maximum absolute atomic E-state index is 5.99. The van der Waals surface area contributed by atoms with Crippen LogP contribution in [0.2, 0.25) is 0 Å². The fourth-order valence-electron chi connectivity index (χ4n) is 3.78. The number of ether oxygens (including phenoxy) is 2. The van der Waals surface area contributed by atoms with Gasteiger partial charge in [-0.3, -0.25) is 9.55 Å². The lowest BCUT2D eigenvalue weighted by Crippen LogP contribution is -2.18. The zero-order valence-electron chi connectivity index (χ0n) is 17.4. The quantitative estimate of drug-likeness (QED) is 0.504. The third-order valence-corrected chi connectivity index (χ3v) is 5.42. The van der Waals surface area contributed by atoms with Crippen LogP contribution in [0.4, 0.5) is 5.95 Å². The first-order chi connectivity index (χ1) is 15.3. The summed E-state index contributed by atoms with van der Waals surface area (Å²) in [4.78, 5) is 18.4. The number of anilines is 1. The molecule has 4 heterocycles. The second-order valence-corrected chi connectivity index (χ2v) is 7.48. The first kappa shape index (κ1) is 19.4. The molecule has 0 amide bonds. The van der Waals surface area contributed by atoms with Gasteiger partial charge in [0.15, 0.2) is 5.65 Å². The number of methoxy groups -OCH3 is 1. The Labute approximate surface area is 180 Å². The molecule has 158 valence electrons. The molecule has 8 heteroatoms. The van der Waals surface area contributed by atoms with Crippen molar-refractivity contribution in [1.29, 1.82) is 0 Å². The Hall–Kier alpha value is -3.52. The molecule has 0 spiro atoms. The van der Waals surface area contributed by atoms with Crippen molar-refractivity contribution < 1.29 is 9.47 Å². The maximum Gasteiger partial charge on any atom is 0.225 e. The van der Waals surface area contributed by atoms with E-state index in [4.69, 9.17) is 19.4 Å². The van der Waals surface area contributed by atoms with Gasteiger partial charge in [-0.2, -0.15) is 4.98 Å². The average Bonchev–Trinajstić information content (AvgIpc) is 3.27. The standard InChI is InChI=1S/C23H24N6O2/c1-30-18-9-7-17(8-10-18)20-21-22(29(15-26-21)19-6-2-3-12-31-19)28-23(27-20)25-14-16-5-4-11-24-13-16/h4-5,7-11,13,15,19H,2-3,6,12,14H2,1H3,(H,25,27,28). The van der Waals surface area contributed by atoms with Crippen molar-refractivity contribution >= 4 is 17.1 Å². The van der Waals surface area contributed by atoms with E-state index in [1.807, 2.05) is 53.5 Å². The fraction of sp³-hybridized carbons (Fsp3) is 0.304. The topological polar surface area (TPSA) is 87.0 Å². The fourth-order valence-corrected chi connectivity index (χ4v) is 3.78. The first-order valence-electron chi connectivity index (χ1n) is 10.5. The Kier molecular flexibility index (Phi) is 5.45. The summed E-state index contributed by atoms with van der Waals surface area (Å²) in [5.41, 5.74) is 4.30. The molecule has 1 saturated heterocycles. The molecule has 0 aliphatic carbocycles. The maximum atomic E-state index is 5.99. The summed E-state index contributed by atoms with van der Waals surface area (Å²) in [7, 11) is 1.66. The lowest BCUT2D eigenvalue weighted by atomic mass is 10.1. The van der Waals surface area contributed by atoms with E-state index in [1.54, 1.807) is 13.3 Å². The minimum absolute atomic E-state index is 0.0523. The number of pyridine rings is 1. The summed E-state index contributed by atoms with van der Waals surface area (Å²) in [6.07, 6.45) is 8.52. The summed E-state index contributed by atoms with van der Waals surface area (Å²) in [6, 6.07) is 11.8. The predicted molar refractivity (Wildman–Crippen MR) is 118 cm³/mol. The van der Waals surface area contributed by atoms with E-state index in [0.29, 0.717) is 12.5 Å². The van der Waals surface area contributed by atoms with E-state index >= 15 is 0 Å². The molecule has 0 saturated carbocycles. The average molecular weight is 416 g/mol. The molecule has 1 fully saturated rings. The van der Waals surface area contributed by atoms with Gasteiger partial charge in [0.25, 0.3) is 0 Å². The van der Waals surface area contributed by atoms with E-state index < -0.39 is 0 Å². The van der Waals surface area contributed by atoms with E-state index in [1.165, 1.54) is 0 Å². The van der Waals surface area contributed by atoms with E-state index in [0.717, 1.165) is 59.6 Å². The first-order valence-corrected chi connectivity index (χ1v) is 10.5. The number of hydrogen-bond acceptors (Lipinski definition) is 7. The molecule has 4 aromatic rings. The van der Waals surface area contributed by atoms with Crippen molar-refractivity contribution in [2.75, 3.05) is 19.0 Å². The van der Waals surface area contributed by atoms with E-state index in [2.05, 4.69) is 15.3 Å². The summed E-state index contributed by atoms with van der Waals surface area (Å²) in [5, 5.41) is 3.34. The van der Waals surface area contributed by atoms with Crippen molar-refractivity contribution in [1.82, 2.24) is 24.5 Å². The van der Waals surface area contributed by atoms with Crippen LogP contribution in [0.15, 0.2) is 55.1 Å². The molecule has 0 radical (unpaired) electrons. The predicted octanol–water partition coefficient (Wildman–Crippen LogP) is 4.21. The van der Waals surface area contributed by atoms with Gasteiger partial charge in [0.1, 0.15) is 23.2 Å². The molecular formula is C23H24N6O2. The molecular weight excluding hydrogens is 392 g/mol. The number of aromatic nitrogens is 5. The summed E-state index contributed by atoms with van der Waals surface area (Å²) < 4.78 is 13.3. The van der Waals surface area contributed by atoms with Gasteiger partial charge in [0, 0.05) is 31.1 Å². The van der Waals surface area contributed by atoms with Crippen LogP contribution in [-0.4, -0.2) is 38.2 Å². The number of benzene rings is 1. The van der Waals surface area contributed by atoms with Crippen LogP contribution < -0.4 is 10.1 Å². The molecule has 3 aromatic heterocycles. The van der Waals surface area contributed by atoms with Gasteiger partial charge < -0.3 is 14.8 Å². The van der Waals surface area contributed by atoms with Crippen molar-refractivity contribution in [2.24, 2.45) is 0 Å². The van der Waals surface area contributed by atoms with Crippen LogP contribution in [0.3, 0.4) is 0 Å². The Morgan fingerprint density at radius 3 is 2.81 bits per heavy atom. The van der Waals surface area contributed by atoms with Gasteiger partial charge in [0.05, 0.1) is 13.4 Å². The van der Waals surface area contributed by atoms with E-state index in [9.17, 15) is 0 Å². The lowest BCUT2D eigenvalue weighted by Gasteiger charge is -2.23. The second kappa shape index (κ2) is 8.69. The molecule has 0 bridgehead atoms. The third-order valence-electron chi connectivity index (χ3n) is 5.42. The van der Waals surface area contributed by atoms with Gasteiger partial charge in [-0.25, -0.2) is 9.97 Å². The third kappa shape index (κ3) is 4.06. The molecule has 1 atom stereocenters. The minimum atomic E-state index is -0.0523. The number of hydrogen-bond donors (Lipinski definition) is 1. The van der Waals surface area contributed by atoms with Crippen LogP contribution in [0.5, 0.6) is 5.75 Å². The number of fused-ring (bicyclic) bond motifs is 1. The van der Waals surface area contributed by atoms with Crippen LogP contribution in [-0.2, 0) is 11.3 Å². The van der Waals surface area contributed by atoms with Crippen LogP contribution >= 0.6 is 0 Å². The van der Waals surface area contributed by atoms with Crippen LogP contribution in [0.1, 0.15) is 31.1 Å². The highest BCUT2D eigenvalue weighted by Gasteiger charge is 2.22. The number of rotatable bonds is 6. The van der Waals surface area contributed by atoms with Gasteiger partial charge >= 0.3 is 0 Å². The number of imidazole rings is 1. The molecule has 1 aliphatic heterocycles. The highest BCUT2D eigenvalue weighted by molar-refractivity contribution is 5.88.